The third kappa shape index (κ3) is 1.58. The predicted molar refractivity (Wildman–Crippen MR) is 63.7 cm³/mol. The fourth-order valence-corrected chi connectivity index (χ4v) is 2.28. The van der Waals surface area contributed by atoms with E-state index in [1.807, 2.05) is 18.2 Å². The molecule has 84 valence electrons. The maximum absolute atomic E-state index is 10.8. The molecule has 1 aromatic carbocycles. The lowest BCUT2D eigenvalue weighted by molar-refractivity contribution is -0.384. The molecular weight excluding hydrogens is 216 g/mol. The Morgan fingerprint density at radius 1 is 1.18 bits per heavy atom. The first kappa shape index (κ1) is 9.96. The molecule has 1 aromatic heterocycles. The molecule has 0 unspecified atom stereocenters. The summed E-state index contributed by atoms with van der Waals surface area (Å²) in [6.45, 7) is 0. The van der Waals surface area contributed by atoms with Gasteiger partial charge in [-0.1, -0.05) is 12.1 Å². The molecule has 0 radical (unpaired) electrons. The minimum Gasteiger partial charge on any atom is -0.261 e. The van der Waals surface area contributed by atoms with Gasteiger partial charge in [-0.05, 0) is 30.0 Å². The summed E-state index contributed by atoms with van der Waals surface area (Å²) in [6, 6.07) is 8.91. The van der Waals surface area contributed by atoms with Gasteiger partial charge in [0, 0.05) is 29.6 Å². The number of aromatic nitrogens is 1. The summed E-state index contributed by atoms with van der Waals surface area (Å²) in [6.07, 6.45) is 3.57. The highest BCUT2D eigenvalue weighted by Crippen LogP contribution is 2.34. The van der Waals surface area contributed by atoms with Crippen LogP contribution in [-0.4, -0.2) is 9.91 Å². The van der Waals surface area contributed by atoms with Crippen molar-refractivity contribution in [2.75, 3.05) is 0 Å². The third-order valence-corrected chi connectivity index (χ3v) is 3.12. The lowest BCUT2D eigenvalue weighted by Crippen LogP contribution is -2.06. The Morgan fingerprint density at radius 3 is 2.88 bits per heavy atom. The molecule has 0 spiro atoms. The number of benzene rings is 1. The highest BCUT2D eigenvalue weighted by Gasteiger charge is 2.19. The second-order valence-corrected chi connectivity index (χ2v) is 4.10. The fraction of sp³-hybridized carbons (Fsp3) is 0.154. The number of hydrogen-bond acceptors (Lipinski definition) is 3. The number of nitro benzene ring substituents is 1. The fourth-order valence-electron chi connectivity index (χ4n) is 2.28. The standard InChI is InChI=1S/C13H10N2O2/c16-15(17)10-5-3-9-4-6-13-11(12(9)8-10)2-1-7-14-13/h1-3,5,7-8H,4,6H2. The number of nitrogens with zero attached hydrogens (tertiary/aromatic N) is 2. The second kappa shape index (κ2) is 3.66. The van der Waals surface area contributed by atoms with Crippen LogP contribution in [0.25, 0.3) is 11.1 Å². The van der Waals surface area contributed by atoms with Gasteiger partial charge >= 0.3 is 0 Å². The van der Waals surface area contributed by atoms with Crippen molar-refractivity contribution in [3.63, 3.8) is 0 Å². The predicted octanol–water partition coefficient (Wildman–Crippen LogP) is 2.76. The van der Waals surface area contributed by atoms with Crippen LogP contribution in [-0.2, 0) is 12.8 Å². The van der Waals surface area contributed by atoms with Gasteiger partial charge in [0.15, 0.2) is 0 Å². The molecule has 0 N–H and O–H groups in total. The van der Waals surface area contributed by atoms with Crippen LogP contribution in [0, 0.1) is 10.1 Å². The smallest absolute Gasteiger partial charge is 0.261 e. The second-order valence-electron chi connectivity index (χ2n) is 4.10. The van der Waals surface area contributed by atoms with Crippen molar-refractivity contribution in [1.29, 1.82) is 0 Å². The Bertz CT molecular complexity index is 608. The Labute approximate surface area is 98.1 Å². The monoisotopic (exact) mass is 226 g/mol. The van der Waals surface area contributed by atoms with E-state index in [2.05, 4.69) is 4.98 Å². The van der Waals surface area contributed by atoms with Crippen molar-refractivity contribution >= 4 is 5.69 Å². The molecule has 0 atom stereocenters. The Hall–Kier alpha value is -2.23. The van der Waals surface area contributed by atoms with Gasteiger partial charge in [0.1, 0.15) is 0 Å². The molecule has 0 saturated carbocycles. The molecule has 1 aliphatic carbocycles. The zero-order chi connectivity index (χ0) is 11.8. The summed E-state index contributed by atoms with van der Waals surface area (Å²) >= 11 is 0. The first-order chi connectivity index (χ1) is 8.25. The van der Waals surface area contributed by atoms with Gasteiger partial charge in [-0.15, -0.1) is 0 Å². The number of rotatable bonds is 1. The van der Waals surface area contributed by atoms with Gasteiger partial charge in [0.05, 0.1) is 4.92 Å². The molecule has 1 aliphatic rings. The van der Waals surface area contributed by atoms with Crippen molar-refractivity contribution in [2.45, 2.75) is 12.8 Å². The van der Waals surface area contributed by atoms with Crippen molar-refractivity contribution in [3.8, 4) is 11.1 Å². The van der Waals surface area contributed by atoms with E-state index >= 15 is 0 Å². The third-order valence-electron chi connectivity index (χ3n) is 3.12. The Morgan fingerprint density at radius 2 is 2.06 bits per heavy atom. The van der Waals surface area contributed by atoms with E-state index in [0.717, 1.165) is 35.2 Å². The molecule has 0 bridgehead atoms. The van der Waals surface area contributed by atoms with Crippen LogP contribution in [0.15, 0.2) is 36.5 Å². The first-order valence-electron chi connectivity index (χ1n) is 5.47. The molecule has 0 amide bonds. The van der Waals surface area contributed by atoms with Gasteiger partial charge < -0.3 is 0 Å². The Kier molecular flexibility index (Phi) is 2.14. The summed E-state index contributed by atoms with van der Waals surface area (Å²) < 4.78 is 0. The Balaban J connectivity index is 2.22. The molecule has 17 heavy (non-hydrogen) atoms. The van der Waals surface area contributed by atoms with E-state index in [1.54, 1.807) is 18.3 Å². The van der Waals surface area contributed by atoms with Gasteiger partial charge in [0.25, 0.3) is 5.69 Å². The number of nitro groups is 1. The van der Waals surface area contributed by atoms with E-state index in [0.29, 0.717) is 0 Å². The zero-order valence-electron chi connectivity index (χ0n) is 9.09. The normalized spacial score (nSPS) is 12.7. The molecule has 4 nitrogen and oxygen atoms in total. The molecule has 1 heterocycles. The lowest BCUT2D eigenvalue weighted by Gasteiger charge is -2.18. The van der Waals surface area contributed by atoms with Crippen molar-refractivity contribution < 1.29 is 4.92 Å². The zero-order valence-corrected chi connectivity index (χ0v) is 9.09. The van der Waals surface area contributed by atoms with Crippen LogP contribution in [0.3, 0.4) is 0 Å². The van der Waals surface area contributed by atoms with E-state index in [-0.39, 0.29) is 10.6 Å². The minimum atomic E-state index is -0.356. The summed E-state index contributed by atoms with van der Waals surface area (Å²) in [4.78, 5) is 14.8. The minimum absolute atomic E-state index is 0.139. The van der Waals surface area contributed by atoms with Gasteiger partial charge in [-0.3, -0.25) is 15.1 Å². The average molecular weight is 226 g/mol. The van der Waals surface area contributed by atoms with Crippen molar-refractivity contribution in [1.82, 2.24) is 4.98 Å². The summed E-state index contributed by atoms with van der Waals surface area (Å²) in [5, 5.41) is 10.8. The van der Waals surface area contributed by atoms with Gasteiger partial charge in [0.2, 0.25) is 0 Å². The first-order valence-corrected chi connectivity index (χ1v) is 5.47. The summed E-state index contributed by atoms with van der Waals surface area (Å²) in [7, 11) is 0. The molecule has 4 heteroatoms. The SMILES string of the molecule is O=[N+]([O-])c1ccc2c(c1)-c1cccnc1CC2. The van der Waals surface area contributed by atoms with Crippen molar-refractivity contribution in [3.05, 3.63) is 57.9 Å². The van der Waals surface area contributed by atoms with Crippen LogP contribution in [0.1, 0.15) is 11.3 Å². The van der Waals surface area contributed by atoms with Crippen LogP contribution in [0.2, 0.25) is 0 Å². The van der Waals surface area contributed by atoms with Crippen LogP contribution in [0.5, 0.6) is 0 Å². The molecule has 0 saturated heterocycles. The molecule has 2 aromatic rings. The van der Waals surface area contributed by atoms with E-state index in [4.69, 9.17) is 0 Å². The molecule has 0 aliphatic heterocycles. The topological polar surface area (TPSA) is 56.0 Å². The maximum Gasteiger partial charge on any atom is 0.270 e. The highest BCUT2D eigenvalue weighted by atomic mass is 16.6. The average Bonchev–Trinajstić information content (AvgIpc) is 2.38. The van der Waals surface area contributed by atoms with E-state index in [1.165, 1.54) is 0 Å². The van der Waals surface area contributed by atoms with Crippen LogP contribution < -0.4 is 0 Å². The maximum atomic E-state index is 10.8. The lowest BCUT2D eigenvalue weighted by atomic mass is 9.88. The van der Waals surface area contributed by atoms with Crippen LogP contribution >= 0.6 is 0 Å². The summed E-state index contributed by atoms with van der Waals surface area (Å²) in [5.41, 5.74) is 4.31. The molecular formula is C13H10N2O2. The number of hydrogen-bond donors (Lipinski definition) is 0. The quantitative estimate of drug-likeness (QED) is 0.555. The van der Waals surface area contributed by atoms with E-state index < -0.39 is 0 Å². The summed E-state index contributed by atoms with van der Waals surface area (Å²) in [5.74, 6) is 0. The number of fused-ring (bicyclic) bond motifs is 3. The van der Waals surface area contributed by atoms with E-state index in [9.17, 15) is 10.1 Å². The largest absolute Gasteiger partial charge is 0.270 e. The highest BCUT2D eigenvalue weighted by molar-refractivity contribution is 5.73. The van der Waals surface area contributed by atoms with Crippen LogP contribution in [0.4, 0.5) is 5.69 Å². The number of non-ortho nitro benzene ring substituents is 1. The van der Waals surface area contributed by atoms with Crippen molar-refractivity contribution in [2.24, 2.45) is 0 Å². The van der Waals surface area contributed by atoms with Gasteiger partial charge in [-0.25, -0.2) is 0 Å². The number of aryl methyl sites for hydroxylation is 2. The van der Waals surface area contributed by atoms with Gasteiger partial charge in [-0.2, -0.15) is 0 Å². The number of pyridine rings is 1. The molecule has 3 rings (SSSR count). The molecule has 0 fully saturated rings.